The van der Waals surface area contributed by atoms with Gasteiger partial charge in [-0.25, -0.2) is 15.0 Å². The summed E-state index contributed by atoms with van der Waals surface area (Å²) in [7, 11) is 0. The first kappa shape index (κ1) is 18.5. The van der Waals surface area contributed by atoms with Gasteiger partial charge in [0, 0.05) is 6.20 Å². The van der Waals surface area contributed by atoms with Crippen LogP contribution in [0.3, 0.4) is 0 Å². The van der Waals surface area contributed by atoms with E-state index in [1.165, 1.54) is 5.56 Å². The van der Waals surface area contributed by atoms with Crippen LogP contribution in [0.2, 0.25) is 10.2 Å². The quantitative estimate of drug-likeness (QED) is 0.545. The Balaban J connectivity index is 1.56. The molecule has 0 atom stereocenters. The summed E-state index contributed by atoms with van der Waals surface area (Å²) < 4.78 is 5.59. The predicted molar refractivity (Wildman–Crippen MR) is 102 cm³/mol. The van der Waals surface area contributed by atoms with E-state index in [1.54, 1.807) is 12.3 Å². The fourth-order valence-corrected chi connectivity index (χ4v) is 2.90. The lowest BCUT2D eigenvalue weighted by Crippen LogP contribution is -2.01. The number of hydrogen-bond acceptors (Lipinski definition) is 5. The first-order valence-corrected chi connectivity index (χ1v) is 9.02. The van der Waals surface area contributed by atoms with Crippen LogP contribution in [-0.4, -0.2) is 19.9 Å². The summed E-state index contributed by atoms with van der Waals surface area (Å²) in [6.07, 6.45) is 4.25. The topological polar surface area (TPSA) is 60.8 Å². The average Bonchev–Trinajstić information content (AvgIpc) is 2.60. The van der Waals surface area contributed by atoms with Crippen molar-refractivity contribution in [3.63, 3.8) is 0 Å². The standard InChI is InChI=1S/C19H18Cl2N4O/c1-12-18(21)16(24-13(2)23-12)5-3-4-14-6-8-15(9-7-14)26-19-22-11-10-17(20)25-19/h6-11H,3-5H2,1-2H3. The van der Waals surface area contributed by atoms with Crippen LogP contribution in [-0.2, 0) is 12.8 Å². The smallest absolute Gasteiger partial charge is 0.323 e. The third-order valence-corrected chi connectivity index (χ3v) is 4.51. The van der Waals surface area contributed by atoms with E-state index in [1.807, 2.05) is 38.1 Å². The number of ether oxygens (including phenoxy) is 1. The molecule has 0 aliphatic rings. The molecule has 7 heteroatoms. The van der Waals surface area contributed by atoms with Gasteiger partial charge >= 0.3 is 6.01 Å². The molecule has 0 saturated carbocycles. The van der Waals surface area contributed by atoms with Crippen molar-refractivity contribution >= 4 is 23.2 Å². The molecule has 3 aromatic rings. The predicted octanol–water partition coefficient (Wildman–Crippen LogP) is 5.16. The summed E-state index contributed by atoms with van der Waals surface area (Å²) in [4.78, 5) is 16.7. The highest BCUT2D eigenvalue weighted by atomic mass is 35.5. The Hall–Kier alpha value is -2.24. The number of rotatable bonds is 6. The highest BCUT2D eigenvalue weighted by molar-refractivity contribution is 6.31. The number of benzene rings is 1. The van der Waals surface area contributed by atoms with E-state index in [0.29, 0.717) is 15.9 Å². The lowest BCUT2D eigenvalue weighted by atomic mass is 10.1. The third-order valence-electron chi connectivity index (χ3n) is 3.81. The van der Waals surface area contributed by atoms with Crippen molar-refractivity contribution in [3.8, 4) is 11.8 Å². The summed E-state index contributed by atoms with van der Waals surface area (Å²) in [5.41, 5.74) is 2.96. The van der Waals surface area contributed by atoms with Crippen LogP contribution in [0.15, 0.2) is 36.5 Å². The molecule has 0 aliphatic heterocycles. The molecule has 134 valence electrons. The van der Waals surface area contributed by atoms with Crippen molar-refractivity contribution in [2.45, 2.75) is 33.1 Å². The van der Waals surface area contributed by atoms with Crippen LogP contribution >= 0.6 is 23.2 Å². The molecule has 0 radical (unpaired) electrons. The van der Waals surface area contributed by atoms with Gasteiger partial charge in [0.25, 0.3) is 0 Å². The second-order valence-electron chi connectivity index (χ2n) is 5.88. The van der Waals surface area contributed by atoms with Crippen molar-refractivity contribution in [1.82, 2.24) is 19.9 Å². The van der Waals surface area contributed by atoms with Gasteiger partial charge in [0.1, 0.15) is 16.7 Å². The minimum absolute atomic E-state index is 0.231. The zero-order valence-electron chi connectivity index (χ0n) is 14.5. The van der Waals surface area contributed by atoms with Crippen molar-refractivity contribution in [2.24, 2.45) is 0 Å². The molecule has 2 aromatic heterocycles. The number of halogens is 2. The van der Waals surface area contributed by atoms with Crippen molar-refractivity contribution in [1.29, 1.82) is 0 Å². The van der Waals surface area contributed by atoms with E-state index >= 15 is 0 Å². The zero-order chi connectivity index (χ0) is 18.5. The lowest BCUT2D eigenvalue weighted by Gasteiger charge is -2.08. The second-order valence-corrected chi connectivity index (χ2v) is 6.64. The molecule has 0 N–H and O–H groups in total. The Morgan fingerprint density at radius 2 is 1.69 bits per heavy atom. The highest BCUT2D eigenvalue weighted by Gasteiger charge is 2.08. The minimum Gasteiger partial charge on any atom is -0.424 e. The van der Waals surface area contributed by atoms with Crippen LogP contribution < -0.4 is 4.74 Å². The minimum atomic E-state index is 0.231. The van der Waals surface area contributed by atoms with Crippen LogP contribution in [0.4, 0.5) is 0 Å². The van der Waals surface area contributed by atoms with Crippen LogP contribution in [0, 0.1) is 13.8 Å². The van der Waals surface area contributed by atoms with Crippen molar-refractivity contribution in [2.75, 3.05) is 0 Å². The Morgan fingerprint density at radius 3 is 2.42 bits per heavy atom. The van der Waals surface area contributed by atoms with Crippen molar-refractivity contribution < 1.29 is 4.74 Å². The van der Waals surface area contributed by atoms with Gasteiger partial charge in [-0.15, -0.1) is 0 Å². The zero-order valence-corrected chi connectivity index (χ0v) is 16.1. The Kier molecular flexibility index (Phi) is 6.01. The number of aryl methyl sites for hydroxylation is 4. The summed E-state index contributed by atoms with van der Waals surface area (Å²) in [6, 6.07) is 9.67. The van der Waals surface area contributed by atoms with Gasteiger partial charge in [0.2, 0.25) is 0 Å². The molecule has 0 amide bonds. The molecule has 0 unspecified atom stereocenters. The van der Waals surface area contributed by atoms with E-state index in [4.69, 9.17) is 27.9 Å². The van der Waals surface area contributed by atoms with Gasteiger partial charge in [-0.1, -0.05) is 35.3 Å². The van der Waals surface area contributed by atoms with E-state index in [2.05, 4.69) is 19.9 Å². The normalized spacial score (nSPS) is 10.8. The van der Waals surface area contributed by atoms with Gasteiger partial charge in [-0.05, 0) is 56.9 Å². The largest absolute Gasteiger partial charge is 0.424 e. The molecule has 2 heterocycles. The molecular formula is C19H18Cl2N4O. The van der Waals surface area contributed by atoms with E-state index < -0.39 is 0 Å². The maximum absolute atomic E-state index is 6.29. The Labute approximate surface area is 162 Å². The van der Waals surface area contributed by atoms with Gasteiger partial charge < -0.3 is 4.74 Å². The third kappa shape index (κ3) is 4.90. The molecule has 0 bridgehead atoms. The molecule has 1 aromatic carbocycles. The highest BCUT2D eigenvalue weighted by Crippen LogP contribution is 2.22. The van der Waals surface area contributed by atoms with E-state index in [0.717, 1.165) is 36.5 Å². The van der Waals surface area contributed by atoms with Crippen LogP contribution in [0.5, 0.6) is 11.8 Å². The van der Waals surface area contributed by atoms with Crippen LogP contribution in [0.1, 0.15) is 29.2 Å². The second kappa shape index (κ2) is 8.43. The molecule has 0 saturated heterocycles. The summed E-state index contributed by atoms with van der Waals surface area (Å²) in [5.74, 6) is 1.42. The average molecular weight is 389 g/mol. The number of hydrogen-bond donors (Lipinski definition) is 0. The maximum atomic E-state index is 6.29. The van der Waals surface area contributed by atoms with E-state index in [-0.39, 0.29) is 6.01 Å². The monoisotopic (exact) mass is 388 g/mol. The Morgan fingerprint density at radius 1 is 0.923 bits per heavy atom. The Bertz CT molecular complexity index is 901. The van der Waals surface area contributed by atoms with Gasteiger partial charge in [0.05, 0.1) is 16.4 Å². The molecule has 0 spiro atoms. The summed E-state index contributed by atoms with van der Waals surface area (Å²) >= 11 is 12.1. The maximum Gasteiger partial charge on any atom is 0.323 e. The van der Waals surface area contributed by atoms with Gasteiger partial charge in [0.15, 0.2) is 0 Å². The SMILES string of the molecule is Cc1nc(C)c(Cl)c(CCCc2ccc(Oc3nccc(Cl)n3)cc2)n1. The molecular weight excluding hydrogens is 371 g/mol. The number of nitrogens with zero attached hydrogens (tertiary/aromatic N) is 4. The molecule has 5 nitrogen and oxygen atoms in total. The fraction of sp³-hybridized carbons (Fsp3) is 0.263. The number of aromatic nitrogens is 4. The van der Waals surface area contributed by atoms with E-state index in [9.17, 15) is 0 Å². The molecule has 3 rings (SSSR count). The van der Waals surface area contributed by atoms with Crippen molar-refractivity contribution in [3.05, 3.63) is 69.5 Å². The summed E-state index contributed by atoms with van der Waals surface area (Å²) in [6.45, 7) is 3.79. The van der Waals surface area contributed by atoms with Crippen LogP contribution in [0.25, 0.3) is 0 Å². The summed E-state index contributed by atoms with van der Waals surface area (Å²) in [5, 5.41) is 1.02. The molecule has 0 fully saturated rings. The van der Waals surface area contributed by atoms with Gasteiger partial charge in [-0.3, -0.25) is 0 Å². The molecule has 26 heavy (non-hydrogen) atoms. The fourth-order valence-electron chi connectivity index (χ4n) is 2.59. The lowest BCUT2D eigenvalue weighted by molar-refractivity contribution is 0.441. The molecule has 0 aliphatic carbocycles. The first-order valence-electron chi connectivity index (χ1n) is 8.26. The first-order chi connectivity index (χ1) is 12.5. The van der Waals surface area contributed by atoms with Gasteiger partial charge in [-0.2, -0.15) is 4.98 Å².